The van der Waals surface area contributed by atoms with Crippen LogP contribution in [0.1, 0.15) is 5.56 Å². The van der Waals surface area contributed by atoms with Crippen LogP contribution in [0.2, 0.25) is 0 Å². The molecule has 0 spiro atoms. The third kappa shape index (κ3) is 6.01. The summed E-state index contributed by atoms with van der Waals surface area (Å²) in [7, 11) is -5.72. The van der Waals surface area contributed by atoms with Gasteiger partial charge in [-0.25, -0.2) is 26.3 Å². The first-order valence-corrected chi connectivity index (χ1v) is 8.77. The van der Waals surface area contributed by atoms with Gasteiger partial charge >= 0.3 is 0 Å². The van der Waals surface area contributed by atoms with Gasteiger partial charge in [0.15, 0.2) is 0 Å². The molecule has 0 amide bonds. The van der Waals surface area contributed by atoms with Crippen LogP contribution in [0.3, 0.4) is 0 Å². The second-order valence-electron chi connectivity index (χ2n) is 3.92. The van der Waals surface area contributed by atoms with Crippen molar-refractivity contribution in [3.8, 4) is 0 Å². The fraction of sp³-hybridized carbons (Fsp3) is 0.400. The van der Waals surface area contributed by atoms with Crippen molar-refractivity contribution in [3.05, 3.63) is 29.8 Å². The van der Waals surface area contributed by atoms with Crippen LogP contribution in [0.5, 0.6) is 0 Å². The van der Waals surface area contributed by atoms with Crippen molar-refractivity contribution in [2.75, 3.05) is 25.1 Å². The van der Waals surface area contributed by atoms with E-state index < -0.39 is 20.0 Å². The van der Waals surface area contributed by atoms with Gasteiger partial charge in [-0.3, -0.25) is 0 Å². The fourth-order valence-corrected chi connectivity index (χ4v) is 3.22. The minimum Gasteiger partial charge on any atom is -0.399 e. The van der Waals surface area contributed by atoms with Crippen molar-refractivity contribution in [2.24, 2.45) is 0 Å². The van der Waals surface area contributed by atoms with E-state index in [0.29, 0.717) is 11.3 Å². The summed E-state index contributed by atoms with van der Waals surface area (Å²) in [6, 6.07) is 6.51. The smallest absolute Gasteiger partial charge is 0.215 e. The molecule has 1 aromatic carbocycles. The van der Waals surface area contributed by atoms with E-state index in [0.717, 1.165) is 0 Å². The van der Waals surface area contributed by atoms with Gasteiger partial charge in [0.1, 0.15) is 0 Å². The van der Waals surface area contributed by atoms with Gasteiger partial charge in [-0.15, -0.1) is 0 Å². The van der Waals surface area contributed by atoms with E-state index in [9.17, 15) is 16.8 Å². The van der Waals surface area contributed by atoms with E-state index in [-0.39, 0.29) is 18.1 Å². The average molecular weight is 307 g/mol. The van der Waals surface area contributed by atoms with Gasteiger partial charge < -0.3 is 5.73 Å². The molecule has 0 unspecified atom stereocenters. The van der Waals surface area contributed by atoms with Gasteiger partial charge in [0.25, 0.3) is 0 Å². The third-order valence-corrected chi connectivity index (χ3v) is 5.03. The van der Waals surface area contributed by atoms with Crippen LogP contribution in [-0.4, -0.2) is 36.2 Å². The molecule has 0 fully saturated rings. The zero-order valence-corrected chi connectivity index (χ0v) is 12.1. The normalized spacial score (nSPS) is 12.5. The molecule has 0 aliphatic carbocycles. The summed E-state index contributed by atoms with van der Waals surface area (Å²) < 4.78 is 50.0. The number of nitrogens with two attached hydrogens (primary N) is 1. The number of hydrogen-bond acceptors (Lipinski definition) is 5. The van der Waals surface area contributed by atoms with Crippen LogP contribution in [0.4, 0.5) is 5.69 Å². The molecule has 0 saturated heterocycles. The molecule has 0 radical (unpaired) electrons. The number of hydrogen-bond donors (Lipinski definition) is 3. The molecule has 0 aliphatic rings. The Kier molecular flexibility index (Phi) is 5.29. The zero-order chi connectivity index (χ0) is 14.5. The lowest BCUT2D eigenvalue weighted by Gasteiger charge is -2.07. The number of benzene rings is 1. The molecular weight excluding hydrogens is 290 g/mol. The van der Waals surface area contributed by atoms with Gasteiger partial charge in [0, 0.05) is 12.2 Å². The summed E-state index contributed by atoms with van der Waals surface area (Å²) in [5.74, 6) is -0.544. The van der Waals surface area contributed by atoms with Gasteiger partial charge in [-0.05, 0) is 24.7 Å². The van der Waals surface area contributed by atoms with Crippen LogP contribution >= 0.6 is 0 Å². The molecule has 4 N–H and O–H groups in total. The van der Waals surface area contributed by atoms with E-state index in [1.165, 1.54) is 7.05 Å². The molecule has 0 aliphatic heterocycles. The molecule has 108 valence electrons. The van der Waals surface area contributed by atoms with Crippen molar-refractivity contribution >= 4 is 25.7 Å². The van der Waals surface area contributed by atoms with E-state index in [4.69, 9.17) is 5.73 Å². The predicted octanol–water partition coefficient (Wildman–Crippen LogP) is -0.763. The fourth-order valence-electron chi connectivity index (χ4n) is 1.39. The molecule has 0 bridgehead atoms. The van der Waals surface area contributed by atoms with E-state index >= 15 is 0 Å². The Morgan fingerprint density at radius 1 is 1.16 bits per heavy atom. The van der Waals surface area contributed by atoms with Gasteiger partial charge in [0.2, 0.25) is 20.0 Å². The Labute approximate surface area is 113 Å². The first kappa shape index (κ1) is 15.9. The van der Waals surface area contributed by atoms with Gasteiger partial charge in [-0.1, -0.05) is 12.1 Å². The van der Waals surface area contributed by atoms with Crippen LogP contribution in [0.15, 0.2) is 24.3 Å². The second-order valence-corrected chi connectivity index (χ2v) is 7.77. The topological polar surface area (TPSA) is 118 Å². The number of nitrogen functional groups attached to an aromatic ring is 1. The van der Waals surface area contributed by atoms with Gasteiger partial charge in [-0.2, -0.15) is 0 Å². The lowest BCUT2D eigenvalue weighted by atomic mass is 10.2. The number of anilines is 1. The summed E-state index contributed by atoms with van der Waals surface area (Å²) >= 11 is 0. The molecular formula is C10H17N3O4S2. The number of nitrogens with one attached hydrogen (secondary N) is 2. The minimum atomic E-state index is -3.58. The first-order valence-electron chi connectivity index (χ1n) is 5.47. The highest BCUT2D eigenvalue weighted by molar-refractivity contribution is 7.90. The minimum absolute atomic E-state index is 0.173. The maximum absolute atomic E-state index is 11.7. The Bertz CT molecular complexity index is 626. The second kappa shape index (κ2) is 6.33. The maximum atomic E-state index is 11.7. The SMILES string of the molecule is CNS(=O)(=O)CCNS(=O)(=O)Cc1cccc(N)c1. The monoisotopic (exact) mass is 307 g/mol. The van der Waals surface area contributed by atoms with E-state index in [1.807, 2.05) is 0 Å². The molecule has 19 heavy (non-hydrogen) atoms. The maximum Gasteiger partial charge on any atom is 0.215 e. The highest BCUT2D eigenvalue weighted by Crippen LogP contribution is 2.09. The summed E-state index contributed by atoms with van der Waals surface area (Å²) in [6.07, 6.45) is 0. The summed E-state index contributed by atoms with van der Waals surface area (Å²) in [4.78, 5) is 0. The standard InChI is InChI=1S/C10H17N3O4S2/c1-12-18(14,15)6-5-13-19(16,17)8-9-3-2-4-10(11)7-9/h2-4,7,12-13H,5-6,8,11H2,1H3. The summed E-state index contributed by atoms with van der Waals surface area (Å²) in [6.45, 7) is -0.173. The molecule has 0 atom stereocenters. The molecule has 9 heteroatoms. The summed E-state index contributed by atoms with van der Waals surface area (Å²) in [5.41, 5.74) is 6.57. The first-order chi connectivity index (χ1) is 8.74. The van der Waals surface area contributed by atoms with Crippen LogP contribution < -0.4 is 15.2 Å². The van der Waals surface area contributed by atoms with Crippen LogP contribution in [-0.2, 0) is 25.8 Å². The molecule has 7 nitrogen and oxygen atoms in total. The molecule has 1 rings (SSSR count). The quantitative estimate of drug-likeness (QED) is 0.572. The van der Waals surface area contributed by atoms with Crippen LogP contribution in [0, 0.1) is 0 Å². The molecule has 0 saturated carbocycles. The Morgan fingerprint density at radius 2 is 1.84 bits per heavy atom. The Balaban J connectivity index is 2.58. The average Bonchev–Trinajstić information content (AvgIpc) is 2.27. The summed E-state index contributed by atoms with van der Waals surface area (Å²) in [5, 5.41) is 0. The van der Waals surface area contributed by atoms with Crippen molar-refractivity contribution in [1.82, 2.24) is 9.44 Å². The molecule has 1 aromatic rings. The van der Waals surface area contributed by atoms with Gasteiger partial charge in [0.05, 0.1) is 11.5 Å². The highest BCUT2D eigenvalue weighted by Gasteiger charge is 2.13. The third-order valence-electron chi connectivity index (χ3n) is 2.31. The number of rotatable bonds is 7. The number of sulfonamides is 2. The highest BCUT2D eigenvalue weighted by atomic mass is 32.2. The predicted molar refractivity (Wildman–Crippen MR) is 74.3 cm³/mol. The van der Waals surface area contributed by atoms with E-state index in [2.05, 4.69) is 9.44 Å². The Hall–Kier alpha value is -1.16. The van der Waals surface area contributed by atoms with Crippen LogP contribution in [0.25, 0.3) is 0 Å². The van der Waals surface area contributed by atoms with Crippen molar-refractivity contribution in [3.63, 3.8) is 0 Å². The largest absolute Gasteiger partial charge is 0.399 e. The van der Waals surface area contributed by atoms with Crippen molar-refractivity contribution < 1.29 is 16.8 Å². The zero-order valence-electron chi connectivity index (χ0n) is 10.5. The van der Waals surface area contributed by atoms with E-state index in [1.54, 1.807) is 24.3 Å². The lowest BCUT2D eigenvalue weighted by molar-refractivity contribution is 0.578. The Morgan fingerprint density at radius 3 is 2.42 bits per heavy atom. The van der Waals surface area contributed by atoms with Crippen molar-refractivity contribution in [2.45, 2.75) is 5.75 Å². The van der Waals surface area contributed by atoms with Crippen molar-refractivity contribution in [1.29, 1.82) is 0 Å². The lowest BCUT2D eigenvalue weighted by Crippen LogP contribution is -2.33. The molecule has 0 aromatic heterocycles. The molecule has 0 heterocycles.